The molecule has 1 aliphatic heterocycles. The maximum absolute atomic E-state index is 13.6. The van der Waals surface area contributed by atoms with Gasteiger partial charge in [-0.3, -0.25) is 9.59 Å². The molecule has 0 aromatic heterocycles. The second-order valence-corrected chi connectivity index (χ2v) is 20.8. The van der Waals surface area contributed by atoms with Crippen molar-refractivity contribution in [3.63, 3.8) is 0 Å². The highest BCUT2D eigenvalue weighted by Gasteiger charge is 2.53. The minimum absolute atomic E-state index is 0.0132. The summed E-state index contributed by atoms with van der Waals surface area (Å²) < 4.78 is 19.9. The van der Waals surface area contributed by atoms with Crippen LogP contribution in [0.2, 0.25) is 10.1 Å². The minimum atomic E-state index is -3.02. The van der Waals surface area contributed by atoms with Gasteiger partial charge in [0.2, 0.25) is 0 Å². The molecule has 0 amide bonds. The molecule has 3 aromatic rings. The molecular formula is C40H48ClNO7SSi. The van der Waals surface area contributed by atoms with Crippen molar-refractivity contribution < 1.29 is 33.4 Å². The zero-order valence-corrected chi connectivity index (χ0v) is 32.8. The summed E-state index contributed by atoms with van der Waals surface area (Å²) in [6.07, 6.45) is -1.05. The Hall–Kier alpha value is -3.25. The summed E-state index contributed by atoms with van der Waals surface area (Å²) in [6, 6.07) is 25.8. The Bertz CT molecular complexity index is 1680. The lowest BCUT2D eigenvalue weighted by Gasteiger charge is -2.47. The lowest BCUT2D eigenvalue weighted by atomic mass is 9.73. The van der Waals surface area contributed by atoms with Gasteiger partial charge in [0.05, 0.1) is 17.7 Å². The number of thioether (sulfide) groups is 1. The van der Waals surface area contributed by atoms with Crippen molar-refractivity contribution >= 4 is 59.6 Å². The zero-order chi connectivity index (χ0) is 37.1. The Morgan fingerprint density at radius 3 is 1.98 bits per heavy atom. The van der Waals surface area contributed by atoms with Gasteiger partial charge in [0.1, 0.15) is 23.7 Å². The van der Waals surface area contributed by atoms with Gasteiger partial charge in [-0.1, -0.05) is 107 Å². The molecule has 11 heteroatoms. The molecule has 1 saturated heterocycles. The van der Waals surface area contributed by atoms with Crippen LogP contribution in [0.4, 0.5) is 0 Å². The van der Waals surface area contributed by atoms with Crippen molar-refractivity contribution in [2.45, 2.75) is 89.2 Å². The summed E-state index contributed by atoms with van der Waals surface area (Å²) in [5, 5.41) is 17.7. The van der Waals surface area contributed by atoms with Crippen LogP contribution >= 0.6 is 23.4 Å². The molecule has 0 unspecified atom stereocenters. The van der Waals surface area contributed by atoms with E-state index in [1.54, 1.807) is 31.2 Å². The predicted octanol–water partition coefficient (Wildman–Crippen LogP) is 6.08. The van der Waals surface area contributed by atoms with Crippen LogP contribution in [0.3, 0.4) is 0 Å². The first kappa shape index (κ1) is 39.0. The lowest BCUT2D eigenvalue weighted by molar-refractivity contribution is -0.170. The first-order valence-corrected chi connectivity index (χ1v) is 20.8. The Labute approximate surface area is 311 Å². The number of hydrogen-bond donors (Lipinski definition) is 2. The highest BCUT2D eigenvalue weighted by molar-refractivity contribution is 7.99. The van der Waals surface area contributed by atoms with Gasteiger partial charge in [-0.25, -0.2) is 4.79 Å². The predicted molar refractivity (Wildman–Crippen MR) is 205 cm³/mol. The number of ketones is 2. The van der Waals surface area contributed by atoms with Crippen molar-refractivity contribution in [2.75, 3.05) is 12.9 Å². The van der Waals surface area contributed by atoms with Gasteiger partial charge in [0.15, 0.2) is 17.7 Å². The van der Waals surface area contributed by atoms with Gasteiger partial charge >= 0.3 is 5.97 Å². The molecule has 1 heterocycles. The lowest BCUT2D eigenvalue weighted by Crippen LogP contribution is -2.69. The van der Waals surface area contributed by atoms with Crippen molar-refractivity contribution in [1.82, 2.24) is 5.32 Å². The van der Waals surface area contributed by atoms with Gasteiger partial charge in [0.25, 0.3) is 8.32 Å². The molecule has 2 fully saturated rings. The van der Waals surface area contributed by atoms with Crippen molar-refractivity contribution in [2.24, 2.45) is 5.41 Å². The van der Waals surface area contributed by atoms with E-state index in [2.05, 4.69) is 50.4 Å². The van der Waals surface area contributed by atoms with E-state index in [9.17, 15) is 19.5 Å². The van der Waals surface area contributed by atoms with E-state index in [1.807, 2.05) is 56.5 Å². The summed E-state index contributed by atoms with van der Waals surface area (Å²) in [4.78, 5) is 40.0. The Balaban J connectivity index is 1.52. The third-order valence-corrected chi connectivity index (χ3v) is 15.8. The minimum Gasteiger partial charge on any atom is -0.454 e. The van der Waals surface area contributed by atoms with Crippen molar-refractivity contribution in [1.29, 1.82) is 0 Å². The van der Waals surface area contributed by atoms with E-state index in [0.29, 0.717) is 10.7 Å². The first-order chi connectivity index (χ1) is 24.1. The summed E-state index contributed by atoms with van der Waals surface area (Å²) in [5.41, 5.74) is -0.380. The van der Waals surface area contributed by atoms with Crippen LogP contribution in [-0.4, -0.2) is 73.6 Å². The number of allylic oxidation sites excluding steroid dienone is 2. The van der Waals surface area contributed by atoms with E-state index in [-0.39, 0.29) is 47.2 Å². The van der Waals surface area contributed by atoms with Crippen LogP contribution in [0, 0.1) is 5.41 Å². The number of benzene rings is 3. The monoisotopic (exact) mass is 749 g/mol. The molecule has 272 valence electrons. The molecule has 8 nitrogen and oxygen atoms in total. The summed E-state index contributed by atoms with van der Waals surface area (Å²) in [7, 11) is -3.02. The Kier molecular flexibility index (Phi) is 12.1. The number of aliphatic hydroxyl groups excluding tert-OH is 1. The molecule has 2 N–H and O–H groups in total. The standard InChI is InChI=1S/C40H48ClNO7SSi/c1-25(33-30(43)22-40(5,6)23-31(33)44)42-34-36(49-37(46)26-18-20-27(41)21-19-26)35(45)32(48-38(34)50-7)24-47-51(39(2,3)4,28-14-10-8-11-15-28)29-16-12-9-13-17-29/h8-21,32,34-36,38,42,45H,22-24H2,1-7H3/t32-,34-,35-,36-,38+/m1/s1. The number of halogens is 1. The van der Waals surface area contributed by atoms with E-state index in [0.717, 1.165) is 10.4 Å². The number of hydrogen-bond acceptors (Lipinski definition) is 9. The summed E-state index contributed by atoms with van der Waals surface area (Å²) >= 11 is 7.45. The zero-order valence-electron chi connectivity index (χ0n) is 30.3. The molecule has 1 saturated carbocycles. The molecule has 0 radical (unpaired) electrons. The number of Topliss-reactive ketones (excluding diaryl/α,β-unsaturated/α-hetero) is 2. The second-order valence-electron chi connectivity index (χ2n) is 15.2. The van der Waals surface area contributed by atoms with Crippen molar-refractivity contribution in [3.05, 3.63) is 107 Å². The number of carbonyl (C=O) groups excluding carboxylic acids is 3. The SMILES string of the molecule is CS[C@@H]1O[C@H](CO[Si](c2ccccc2)(c2ccccc2)C(C)(C)C)[C@@H](O)[C@H](OC(=O)c2ccc(Cl)cc2)[C@H]1NC(C)=C1C(=O)CC(C)(C)CC1=O. The molecule has 0 spiro atoms. The van der Waals surface area contributed by atoms with Gasteiger partial charge in [0, 0.05) is 23.6 Å². The van der Waals surface area contributed by atoms with Crippen LogP contribution in [0.15, 0.2) is 96.2 Å². The van der Waals surface area contributed by atoms with Gasteiger partial charge in [-0.05, 0) is 58.3 Å². The number of ether oxygens (including phenoxy) is 2. The van der Waals surface area contributed by atoms with Crippen LogP contribution < -0.4 is 15.7 Å². The Morgan fingerprint density at radius 1 is 0.961 bits per heavy atom. The first-order valence-electron chi connectivity index (χ1n) is 17.2. The highest BCUT2D eigenvalue weighted by atomic mass is 35.5. The van der Waals surface area contributed by atoms with Gasteiger partial charge < -0.3 is 24.3 Å². The van der Waals surface area contributed by atoms with Crippen molar-refractivity contribution in [3.8, 4) is 0 Å². The average molecular weight is 750 g/mol. The van der Waals surface area contributed by atoms with Crippen LogP contribution in [0.25, 0.3) is 0 Å². The maximum atomic E-state index is 13.6. The third-order valence-electron chi connectivity index (χ3n) is 9.70. The maximum Gasteiger partial charge on any atom is 0.338 e. The van der Waals surface area contributed by atoms with Gasteiger partial charge in [-0.2, -0.15) is 0 Å². The topological polar surface area (TPSA) is 111 Å². The quantitative estimate of drug-likeness (QED) is 0.110. The third kappa shape index (κ3) is 8.37. The molecule has 5 atom stereocenters. The fraction of sp³-hybridized carbons (Fsp3) is 0.425. The summed E-state index contributed by atoms with van der Waals surface area (Å²) in [6.45, 7) is 12.0. The van der Waals surface area contributed by atoms with Crippen LogP contribution in [-0.2, 0) is 23.5 Å². The highest BCUT2D eigenvalue weighted by Crippen LogP contribution is 2.39. The fourth-order valence-electron chi connectivity index (χ4n) is 7.30. The Morgan fingerprint density at radius 2 is 1.49 bits per heavy atom. The smallest absolute Gasteiger partial charge is 0.338 e. The number of rotatable bonds is 10. The average Bonchev–Trinajstić information content (AvgIpc) is 3.07. The van der Waals surface area contributed by atoms with E-state index in [1.165, 1.54) is 11.8 Å². The largest absolute Gasteiger partial charge is 0.454 e. The molecule has 1 aliphatic carbocycles. The molecule has 5 rings (SSSR count). The number of nitrogens with one attached hydrogen (secondary N) is 1. The molecule has 0 bridgehead atoms. The fourth-order valence-corrected chi connectivity index (χ4v) is 12.8. The summed E-state index contributed by atoms with van der Waals surface area (Å²) in [5.74, 6) is -1.15. The second kappa shape index (κ2) is 15.8. The van der Waals surface area contributed by atoms with E-state index >= 15 is 0 Å². The van der Waals surface area contributed by atoms with Crippen LogP contribution in [0.1, 0.15) is 64.7 Å². The normalized spacial score (nSPS) is 23.9. The number of carbonyl (C=O) groups is 3. The van der Waals surface area contributed by atoms with E-state index in [4.69, 9.17) is 25.5 Å². The number of esters is 1. The molecule has 51 heavy (non-hydrogen) atoms. The van der Waals surface area contributed by atoms with Gasteiger partial charge in [-0.15, -0.1) is 11.8 Å². The van der Waals surface area contributed by atoms with Crippen LogP contribution in [0.5, 0.6) is 0 Å². The molecular weight excluding hydrogens is 702 g/mol. The molecule has 2 aliphatic rings. The number of aliphatic hydroxyl groups is 1. The van der Waals surface area contributed by atoms with E-state index < -0.39 is 49.5 Å². The molecule has 3 aromatic carbocycles.